The number of carbonyl (C=O) groups excluding carboxylic acids is 1. The van der Waals surface area contributed by atoms with Crippen LogP contribution in [0.1, 0.15) is 41.5 Å². The molecular formula is C19H25FN6O. The molecule has 0 radical (unpaired) electrons. The van der Waals surface area contributed by atoms with Crippen LogP contribution in [-0.4, -0.2) is 58.0 Å². The van der Waals surface area contributed by atoms with Crippen molar-refractivity contribution in [1.82, 2.24) is 25.2 Å². The van der Waals surface area contributed by atoms with Crippen LogP contribution >= 0.6 is 0 Å². The van der Waals surface area contributed by atoms with Crippen molar-refractivity contribution in [2.24, 2.45) is 0 Å². The summed E-state index contributed by atoms with van der Waals surface area (Å²) in [5.41, 5.74) is 2.22. The number of amides is 1. The van der Waals surface area contributed by atoms with Crippen LogP contribution in [0.4, 0.5) is 10.1 Å². The molecule has 2 fully saturated rings. The Labute approximate surface area is 157 Å². The van der Waals surface area contributed by atoms with Crippen molar-refractivity contribution in [2.45, 2.75) is 38.3 Å². The van der Waals surface area contributed by atoms with Gasteiger partial charge in [0.15, 0.2) is 5.69 Å². The van der Waals surface area contributed by atoms with Crippen LogP contribution in [0.2, 0.25) is 0 Å². The third-order valence-corrected chi connectivity index (χ3v) is 5.51. The summed E-state index contributed by atoms with van der Waals surface area (Å²) in [6.07, 6.45) is 2.71. The number of hydrogen-bond donors (Lipinski definition) is 2. The summed E-state index contributed by atoms with van der Waals surface area (Å²) < 4.78 is 14.9. The molecule has 8 heteroatoms. The third kappa shape index (κ3) is 3.80. The number of likely N-dealkylation sites (tertiary alicyclic amines) is 1. The molecule has 2 aliphatic heterocycles. The van der Waals surface area contributed by atoms with E-state index in [0.29, 0.717) is 18.8 Å². The zero-order valence-electron chi connectivity index (χ0n) is 15.5. The maximum Gasteiger partial charge on any atom is 0.276 e. The molecule has 144 valence electrons. The van der Waals surface area contributed by atoms with Crippen LogP contribution in [-0.2, 0) is 0 Å². The highest BCUT2D eigenvalue weighted by Crippen LogP contribution is 2.21. The number of aromatic nitrogens is 3. The number of benzene rings is 1. The first-order chi connectivity index (χ1) is 13.1. The summed E-state index contributed by atoms with van der Waals surface area (Å²) in [6, 6.07) is 6.95. The lowest BCUT2D eigenvalue weighted by molar-refractivity contribution is 0.0711. The number of nitrogens with one attached hydrogen (secondary N) is 2. The molecular weight excluding hydrogens is 347 g/mol. The predicted molar refractivity (Wildman–Crippen MR) is 100 cm³/mol. The van der Waals surface area contributed by atoms with Crippen LogP contribution < -0.4 is 10.6 Å². The molecule has 4 rings (SSSR count). The maximum absolute atomic E-state index is 13.0. The molecule has 0 bridgehead atoms. The summed E-state index contributed by atoms with van der Waals surface area (Å²) >= 11 is 0. The lowest BCUT2D eigenvalue weighted by Gasteiger charge is -2.32. The number of hydrogen-bond acceptors (Lipinski definition) is 5. The van der Waals surface area contributed by atoms with Gasteiger partial charge >= 0.3 is 0 Å². The van der Waals surface area contributed by atoms with E-state index in [1.54, 1.807) is 12.1 Å². The van der Waals surface area contributed by atoms with E-state index in [4.69, 9.17) is 0 Å². The van der Waals surface area contributed by atoms with Crippen LogP contribution in [0, 0.1) is 12.7 Å². The molecule has 2 aliphatic rings. The lowest BCUT2D eigenvalue weighted by Crippen LogP contribution is -2.42. The van der Waals surface area contributed by atoms with Gasteiger partial charge in [-0.1, -0.05) is 5.21 Å². The van der Waals surface area contributed by atoms with E-state index >= 15 is 0 Å². The van der Waals surface area contributed by atoms with Crippen molar-refractivity contribution >= 4 is 11.6 Å². The highest BCUT2D eigenvalue weighted by Gasteiger charge is 2.29. The van der Waals surface area contributed by atoms with Gasteiger partial charge in [-0.15, -0.1) is 5.10 Å². The van der Waals surface area contributed by atoms with E-state index < -0.39 is 0 Å². The first-order valence-corrected chi connectivity index (χ1v) is 9.55. The Morgan fingerprint density at radius 3 is 2.63 bits per heavy atom. The summed E-state index contributed by atoms with van der Waals surface area (Å²) in [7, 11) is 0. The fourth-order valence-electron chi connectivity index (χ4n) is 3.89. The van der Waals surface area contributed by atoms with Crippen molar-refractivity contribution in [1.29, 1.82) is 0 Å². The van der Waals surface area contributed by atoms with Crippen LogP contribution in [0.25, 0.3) is 0 Å². The average molecular weight is 372 g/mol. The van der Waals surface area contributed by atoms with E-state index in [0.717, 1.165) is 43.7 Å². The molecule has 0 saturated carbocycles. The average Bonchev–Trinajstić information content (AvgIpc) is 3.33. The number of nitrogens with zero attached hydrogens (tertiary/aromatic N) is 4. The minimum atomic E-state index is -0.238. The number of rotatable bonds is 4. The second-order valence-corrected chi connectivity index (χ2v) is 7.33. The Bertz CT molecular complexity index is 791. The lowest BCUT2D eigenvalue weighted by atomic mass is 10.0. The van der Waals surface area contributed by atoms with Gasteiger partial charge in [0.1, 0.15) is 5.82 Å². The SMILES string of the molecule is Cc1c(C(=O)N2CCC(Nc3ccc(F)cc3)CC2)nnn1C1CCNC1. The van der Waals surface area contributed by atoms with Crippen molar-refractivity contribution in [3.63, 3.8) is 0 Å². The maximum atomic E-state index is 13.0. The Morgan fingerprint density at radius 1 is 1.22 bits per heavy atom. The summed E-state index contributed by atoms with van der Waals surface area (Å²) in [5.74, 6) is -0.275. The Hall–Kier alpha value is -2.48. The fourth-order valence-corrected chi connectivity index (χ4v) is 3.89. The van der Waals surface area contributed by atoms with Crippen molar-refractivity contribution < 1.29 is 9.18 Å². The molecule has 1 atom stereocenters. The van der Waals surface area contributed by atoms with Crippen molar-refractivity contribution in [2.75, 3.05) is 31.5 Å². The largest absolute Gasteiger partial charge is 0.382 e. The monoisotopic (exact) mass is 372 g/mol. The van der Waals surface area contributed by atoms with E-state index in [-0.39, 0.29) is 23.8 Å². The van der Waals surface area contributed by atoms with E-state index in [1.807, 2.05) is 16.5 Å². The Morgan fingerprint density at radius 2 is 1.96 bits per heavy atom. The van der Waals surface area contributed by atoms with Gasteiger partial charge in [-0.3, -0.25) is 4.79 Å². The minimum Gasteiger partial charge on any atom is -0.382 e. The molecule has 7 nitrogen and oxygen atoms in total. The van der Waals surface area contributed by atoms with E-state index in [9.17, 15) is 9.18 Å². The zero-order chi connectivity index (χ0) is 18.8. The molecule has 2 aromatic rings. The van der Waals surface area contributed by atoms with Gasteiger partial charge in [-0.2, -0.15) is 0 Å². The Kier molecular flexibility index (Phi) is 5.07. The van der Waals surface area contributed by atoms with Gasteiger partial charge in [0.25, 0.3) is 5.91 Å². The molecule has 1 aromatic heterocycles. The highest BCUT2D eigenvalue weighted by atomic mass is 19.1. The van der Waals surface area contributed by atoms with Gasteiger partial charge in [0.05, 0.1) is 11.7 Å². The molecule has 3 heterocycles. The molecule has 27 heavy (non-hydrogen) atoms. The second kappa shape index (κ2) is 7.64. The van der Waals surface area contributed by atoms with Crippen molar-refractivity contribution in [3.05, 3.63) is 41.5 Å². The summed E-state index contributed by atoms with van der Waals surface area (Å²) in [5, 5.41) is 15.1. The molecule has 1 unspecified atom stereocenters. The highest BCUT2D eigenvalue weighted by molar-refractivity contribution is 5.93. The standard InChI is InChI=1S/C19H25FN6O/c1-13-18(23-24-26(13)17-6-9-21-12-17)19(27)25-10-7-16(8-11-25)22-15-4-2-14(20)3-5-15/h2-5,16-17,21-22H,6-12H2,1H3. The third-order valence-electron chi connectivity index (χ3n) is 5.51. The van der Waals surface area contributed by atoms with Gasteiger partial charge in [-0.05, 0) is 57.0 Å². The minimum absolute atomic E-state index is 0.0371. The molecule has 1 aromatic carbocycles. The normalized spacial score (nSPS) is 20.8. The van der Waals surface area contributed by atoms with Gasteiger partial charge in [-0.25, -0.2) is 9.07 Å². The molecule has 1 amide bonds. The van der Waals surface area contributed by atoms with Crippen LogP contribution in [0.15, 0.2) is 24.3 Å². The topological polar surface area (TPSA) is 75.1 Å². The van der Waals surface area contributed by atoms with Crippen molar-refractivity contribution in [3.8, 4) is 0 Å². The fraction of sp³-hybridized carbons (Fsp3) is 0.526. The molecule has 0 spiro atoms. The van der Waals surface area contributed by atoms with E-state index in [2.05, 4.69) is 20.9 Å². The summed E-state index contributed by atoms with van der Waals surface area (Å²) in [6.45, 7) is 5.12. The van der Waals surface area contributed by atoms with E-state index in [1.165, 1.54) is 12.1 Å². The van der Waals surface area contributed by atoms with Crippen LogP contribution in [0.3, 0.4) is 0 Å². The number of halogens is 1. The summed E-state index contributed by atoms with van der Waals surface area (Å²) in [4.78, 5) is 14.7. The Balaban J connectivity index is 1.35. The van der Waals surface area contributed by atoms with Gasteiger partial charge < -0.3 is 15.5 Å². The first kappa shape index (κ1) is 17.9. The van der Waals surface area contributed by atoms with Gasteiger partial charge in [0.2, 0.25) is 0 Å². The van der Waals surface area contributed by atoms with Gasteiger partial charge in [0, 0.05) is 31.4 Å². The predicted octanol–water partition coefficient (Wildman–Crippen LogP) is 1.98. The number of piperidine rings is 1. The number of carbonyl (C=O) groups is 1. The number of anilines is 1. The first-order valence-electron chi connectivity index (χ1n) is 9.55. The quantitative estimate of drug-likeness (QED) is 0.858. The molecule has 2 saturated heterocycles. The molecule has 0 aliphatic carbocycles. The second-order valence-electron chi connectivity index (χ2n) is 7.33. The zero-order valence-corrected chi connectivity index (χ0v) is 15.5. The smallest absolute Gasteiger partial charge is 0.276 e. The van der Waals surface area contributed by atoms with Crippen LogP contribution in [0.5, 0.6) is 0 Å². The molecule has 2 N–H and O–H groups in total.